The number of halogens is 1. The number of morpholine rings is 1. The lowest BCUT2D eigenvalue weighted by Gasteiger charge is -2.28. The van der Waals surface area contributed by atoms with E-state index < -0.39 is 5.82 Å². The summed E-state index contributed by atoms with van der Waals surface area (Å²) < 4.78 is 25.1. The van der Waals surface area contributed by atoms with Crippen LogP contribution in [0.4, 0.5) is 21.7 Å². The van der Waals surface area contributed by atoms with Crippen molar-refractivity contribution < 1.29 is 13.9 Å². The van der Waals surface area contributed by atoms with Crippen LogP contribution in [0.25, 0.3) is 0 Å². The third kappa shape index (κ3) is 5.05. The first-order valence-electron chi connectivity index (χ1n) is 9.71. The highest BCUT2D eigenvalue weighted by atomic mass is 32.2. The number of aromatic nitrogens is 2. The number of rotatable bonds is 6. The summed E-state index contributed by atoms with van der Waals surface area (Å²) in [7, 11) is 0. The first-order chi connectivity index (χ1) is 13.8. The second-order valence-electron chi connectivity index (χ2n) is 6.98. The van der Waals surface area contributed by atoms with Gasteiger partial charge in [-0.25, -0.2) is 4.98 Å². The second kappa shape index (κ2) is 9.43. The molecule has 0 radical (unpaired) electrons. The molecule has 3 heterocycles. The van der Waals surface area contributed by atoms with Crippen molar-refractivity contribution in [1.29, 1.82) is 0 Å². The molecule has 1 aromatic carbocycles. The first-order valence-corrected chi connectivity index (χ1v) is 10.9. The van der Waals surface area contributed by atoms with E-state index in [4.69, 9.17) is 9.47 Å². The van der Waals surface area contributed by atoms with Crippen molar-refractivity contribution >= 4 is 29.1 Å². The monoisotopic (exact) mass is 404 g/mol. The smallest absolute Gasteiger partial charge is 0.255 e. The Bertz CT molecular complexity index is 765. The molecule has 0 aliphatic carbocycles. The van der Waals surface area contributed by atoms with Gasteiger partial charge in [-0.3, -0.25) is 0 Å². The van der Waals surface area contributed by atoms with Crippen molar-refractivity contribution in [3.63, 3.8) is 0 Å². The number of nitrogens with zero attached hydrogens (tertiary/aromatic N) is 3. The van der Waals surface area contributed by atoms with Crippen LogP contribution in [0.2, 0.25) is 0 Å². The summed E-state index contributed by atoms with van der Waals surface area (Å²) in [6, 6.07) is 8.04. The van der Waals surface area contributed by atoms with Crippen LogP contribution in [0.3, 0.4) is 0 Å². The molecule has 0 spiro atoms. The van der Waals surface area contributed by atoms with Crippen LogP contribution in [0, 0.1) is 11.7 Å². The highest BCUT2D eigenvalue weighted by molar-refractivity contribution is 7.99. The first kappa shape index (κ1) is 19.3. The normalized spacial score (nSPS) is 18.1. The Balaban J connectivity index is 1.37. The molecule has 28 heavy (non-hydrogen) atoms. The van der Waals surface area contributed by atoms with Gasteiger partial charge in [0.15, 0.2) is 0 Å². The minimum Gasteiger partial charge on any atom is -0.475 e. The molecular weight excluding hydrogens is 379 g/mol. The van der Waals surface area contributed by atoms with Crippen molar-refractivity contribution in [2.24, 2.45) is 5.92 Å². The topological polar surface area (TPSA) is 59.5 Å². The molecule has 2 aliphatic heterocycles. The van der Waals surface area contributed by atoms with Crippen LogP contribution in [0.1, 0.15) is 12.8 Å². The Hall–Kier alpha value is -2.06. The van der Waals surface area contributed by atoms with Crippen LogP contribution in [0.5, 0.6) is 5.88 Å². The molecule has 2 fully saturated rings. The van der Waals surface area contributed by atoms with Crippen LogP contribution in [-0.2, 0) is 4.74 Å². The maximum absolute atomic E-state index is 14.0. The van der Waals surface area contributed by atoms with Crippen molar-refractivity contribution in [3.8, 4) is 5.88 Å². The van der Waals surface area contributed by atoms with Gasteiger partial charge in [0, 0.05) is 24.5 Å². The second-order valence-corrected chi connectivity index (χ2v) is 8.21. The average molecular weight is 405 g/mol. The fourth-order valence-electron chi connectivity index (χ4n) is 3.33. The van der Waals surface area contributed by atoms with Gasteiger partial charge in [-0.05, 0) is 54.5 Å². The Labute approximate surface area is 168 Å². The number of ether oxygens (including phenoxy) is 2. The Kier molecular flexibility index (Phi) is 6.49. The molecule has 2 aliphatic rings. The van der Waals surface area contributed by atoms with Gasteiger partial charge in [-0.1, -0.05) is 0 Å². The van der Waals surface area contributed by atoms with Crippen molar-refractivity contribution in [2.75, 3.05) is 54.6 Å². The fourth-order valence-corrected chi connectivity index (χ4v) is 4.53. The third-order valence-electron chi connectivity index (χ3n) is 5.01. The minimum absolute atomic E-state index is 0.0145. The summed E-state index contributed by atoms with van der Waals surface area (Å²) in [6.45, 7) is 3.81. The van der Waals surface area contributed by atoms with Gasteiger partial charge in [0.05, 0.1) is 26.0 Å². The van der Waals surface area contributed by atoms with E-state index in [0.717, 1.165) is 68.2 Å². The van der Waals surface area contributed by atoms with Gasteiger partial charge >= 0.3 is 0 Å². The average Bonchev–Trinajstić information content (AvgIpc) is 2.76. The summed E-state index contributed by atoms with van der Waals surface area (Å²) in [6.07, 6.45) is 3.37. The summed E-state index contributed by atoms with van der Waals surface area (Å²) in [5.74, 6) is 2.58. The van der Waals surface area contributed by atoms with Gasteiger partial charge in [-0.15, -0.1) is 0 Å². The highest BCUT2D eigenvalue weighted by Gasteiger charge is 2.17. The lowest BCUT2D eigenvalue weighted by Crippen LogP contribution is -2.36. The molecule has 0 atom stereocenters. The predicted molar refractivity (Wildman–Crippen MR) is 110 cm³/mol. The summed E-state index contributed by atoms with van der Waals surface area (Å²) >= 11 is 1.96. The zero-order valence-corrected chi connectivity index (χ0v) is 16.6. The van der Waals surface area contributed by atoms with Gasteiger partial charge in [0.2, 0.25) is 11.8 Å². The largest absolute Gasteiger partial charge is 0.475 e. The van der Waals surface area contributed by atoms with E-state index >= 15 is 0 Å². The number of thioether (sulfide) groups is 1. The van der Waals surface area contributed by atoms with Gasteiger partial charge in [0.1, 0.15) is 0 Å². The van der Waals surface area contributed by atoms with Gasteiger partial charge in [0.25, 0.3) is 5.88 Å². The van der Waals surface area contributed by atoms with E-state index in [9.17, 15) is 4.39 Å². The molecule has 6 nitrogen and oxygen atoms in total. The van der Waals surface area contributed by atoms with Crippen molar-refractivity contribution in [3.05, 3.63) is 36.3 Å². The fraction of sp³-hybridized carbons (Fsp3) is 0.500. The number of anilines is 3. The summed E-state index contributed by atoms with van der Waals surface area (Å²) in [5.41, 5.74) is 2.00. The number of hydrogen-bond acceptors (Lipinski definition) is 7. The molecule has 150 valence electrons. The quantitative estimate of drug-likeness (QED) is 0.787. The molecule has 1 N–H and O–H groups in total. The molecule has 0 saturated carbocycles. The molecular formula is C20H25FN4O2S. The summed E-state index contributed by atoms with van der Waals surface area (Å²) in [5, 5.41) is 3.12. The number of hydrogen-bond donors (Lipinski definition) is 1. The standard InChI is InChI=1S/C20H25FN4O2S/c21-18-13-22-20(24-19(18)27-14-15-5-11-28-12-6-15)23-16-1-3-17(4-2-16)25-7-9-26-10-8-25/h1-4,13,15H,5-12,14H2,(H,22,23,24). The van der Waals surface area contributed by atoms with E-state index in [1.807, 2.05) is 23.9 Å². The maximum Gasteiger partial charge on any atom is 0.255 e. The van der Waals surface area contributed by atoms with Crippen molar-refractivity contribution in [2.45, 2.75) is 12.8 Å². The van der Waals surface area contributed by atoms with Crippen LogP contribution in [-0.4, -0.2) is 54.4 Å². The maximum atomic E-state index is 14.0. The van der Waals surface area contributed by atoms with Crippen LogP contribution in [0.15, 0.2) is 30.5 Å². The van der Waals surface area contributed by atoms with Crippen LogP contribution >= 0.6 is 11.8 Å². The van der Waals surface area contributed by atoms with E-state index in [0.29, 0.717) is 18.5 Å². The zero-order chi connectivity index (χ0) is 19.2. The van der Waals surface area contributed by atoms with Gasteiger partial charge < -0.3 is 19.7 Å². The van der Waals surface area contributed by atoms with Crippen molar-refractivity contribution in [1.82, 2.24) is 9.97 Å². The lowest BCUT2D eigenvalue weighted by atomic mass is 10.0. The molecule has 2 aromatic rings. The van der Waals surface area contributed by atoms with E-state index in [1.165, 1.54) is 0 Å². The predicted octanol–water partition coefficient (Wildman–Crippen LogP) is 3.72. The SMILES string of the molecule is Fc1cnc(Nc2ccc(N3CCOCC3)cc2)nc1OCC1CCSCC1. The third-order valence-corrected chi connectivity index (χ3v) is 6.06. The molecule has 2 saturated heterocycles. The van der Waals surface area contributed by atoms with E-state index in [1.54, 1.807) is 0 Å². The molecule has 0 bridgehead atoms. The van der Waals surface area contributed by atoms with E-state index in [-0.39, 0.29) is 5.88 Å². The Morgan fingerprint density at radius 3 is 2.68 bits per heavy atom. The molecule has 0 amide bonds. The Morgan fingerprint density at radius 2 is 1.93 bits per heavy atom. The lowest BCUT2D eigenvalue weighted by molar-refractivity contribution is 0.122. The minimum atomic E-state index is -0.529. The van der Waals surface area contributed by atoms with Crippen LogP contribution < -0.4 is 15.0 Å². The molecule has 4 rings (SSSR count). The summed E-state index contributed by atoms with van der Waals surface area (Å²) in [4.78, 5) is 10.5. The zero-order valence-electron chi connectivity index (χ0n) is 15.8. The molecule has 8 heteroatoms. The highest BCUT2D eigenvalue weighted by Crippen LogP contribution is 2.25. The number of benzene rings is 1. The molecule has 1 aromatic heterocycles. The van der Waals surface area contributed by atoms with Gasteiger partial charge in [-0.2, -0.15) is 21.1 Å². The Morgan fingerprint density at radius 1 is 1.18 bits per heavy atom. The number of nitrogens with one attached hydrogen (secondary N) is 1. The van der Waals surface area contributed by atoms with E-state index in [2.05, 4.69) is 32.3 Å². The molecule has 0 unspecified atom stereocenters.